The van der Waals surface area contributed by atoms with E-state index in [1.807, 2.05) is 11.0 Å². The topological polar surface area (TPSA) is 75.7 Å². The van der Waals surface area contributed by atoms with Gasteiger partial charge in [-0.3, -0.25) is 9.36 Å². The van der Waals surface area contributed by atoms with Crippen LogP contribution in [0.2, 0.25) is 0 Å². The highest BCUT2D eigenvalue weighted by atomic mass is 16.4. The average Bonchev–Trinajstić information content (AvgIpc) is 3.25. The van der Waals surface area contributed by atoms with Gasteiger partial charge in [-0.2, -0.15) is 0 Å². The van der Waals surface area contributed by atoms with Crippen molar-refractivity contribution >= 4 is 17.0 Å². The van der Waals surface area contributed by atoms with Crippen LogP contribution in [0.15, 0.2) is 33.5 Å². The third kappa shape index (κ3) is 2.05. The lowest BCUT2D eigenvalue weighted by atomic mass is 9.72. The second-order valence-corrected chi connectivity index (χ2v) is 7.05. The summed E-state index contributed by atoms with van der Waals surface area (Å²) in [6.07, 6.45) is 3.64. The summed E-state index contributed by atoms with van der Waals surface area (Å²) in [6, 6.07) is 7.41. The summed E-state index contributed by atoms with van der Waals surface area (Å²) in [6.45, 7) is 2.19. The zero-order valence-electron chi connectivity index (χ0n) is 13.8. The number of benzene rings is 1. The van der Waals surface area contributed by atoms with Gasteiger partial charge in [0.15, 0.2) is 5.58 Å². The van der Waals surface area contributed by atoms with Gasteiger partial charge in [0.1, 0.15) is 6.54 Å². The number of amides is 1. The molecule has 6 nitrogen and oxygen atoms in total. The molecule has 2 aromatic rings. The first-order valence-electron chi connectivity index (χ1n) is 8.60. The Labute approximate surface area is 139 Å². The van der Waals surface area contributed by atoms with E-state index in [9.17, 15) is 14.7 Å². The number of para-hydroxylation sites is 2. The number of hydrogen-bond acceptors (Lipinski definition) is 4. The highest BCUT2D eigenvalue weighted by Gasteiger charge is 2.56. The average molecular weight is 330 g/mol. The first-order valence-corrected chi connectivity index (χ1v) is 8.60. The Kier molecular flexibility index (Phi) is 3.53. The van der Waals surface area contributed by atoms with E-state index in [2.05, 4.69) is 6.92 Å². The fourth-order valence-corrected chi connectivity index (χ4v) is 4.71. The molecule has 24 heavy (non-hydrogen) atoms. The molecule has 1 amide bonds. The largest absolute Gasteiger partial charge is 0.420 e. The van der Waals surface area contributed by atoms with Gasteiger partial charge >= 0.3 is 5.76 Å². The number of aliphatic hydroxyl groups excluding tert-OH is 1. The van der Waals surface area contributed by atoms with E-state index in [1.165, 1.54) is 4.57 Å². The van der Waals surface area contributed by atoms with Gasteiger partial charge in [-0.1, -0.05) is 19.1 Å². The van der Waals surface area contributed by atoms with Gasteiger partial charge in [0.25, 0.3) is 0 Å². The maximum atomic E-state index is 12.9. The van der Waals surface area contributed by atoms with Gasteiger partial charge in [0.05, 0.1) is 12.1 Å². The highest BCUT2D eigenvalue weighted by molar-refractivity contribution is 5.80. The lowest BCUT2D eigenvalue weighted by Crippen LogP contribution is -2.44. The molecular formula is C18H22N2O4. The minimum atomic E-state index is -0.500. The molecule has 2 fully saturated rings. The second-order valence-electron chi connectivity index (χ2n) is 7.05. The molecule has 6 heteroatoms. The fourth-order valence-electron chi connectivity index (χ4n) is 4.71. The molecule has 0 saturated carbocycles. The normalized spacial score (nSPS) is 28.8. The Morgan fingerprint density at radius 1 is 1.38 bits per heavy atom. The van der Waals surface area contributed by atoms with Crippen LogP contribution in [0.1, 0.15) is 32.6 Å². The van der Waals surface area contributed by atoms with Crippen LogP contribution in [0.25, 0.3) is 11.1 Å². The van der Waals surface area contributed by atoms with E-state index < -0.39 is 5.76 Å². The van der Waals surface area contributed by atoms with Gasteiger partial charge in [0.2, 0.25) is 5.91 Å². The second kappa shape index (κ2) is 5.48. The number of nitrogens with zero attached hydrogens (tertiary/aromatic N) is 2. The van der Waals surface area contributed by atoms with Crippen LogP contribution >= 0.6 is 0 Å². The van der Waals surface area contributed by atoms with E-state index in [0.29, 0.717) is 11.1 Å². The van der Waals surface area contributed by atoms with E-state index >= 15 is 0 Å². The molecule has 2 bridgehead atoms. The molecule has 3 atom stereocenters. The van der Waals surface area contributed by atoms with Crippen LogP contribution in [0.5, 0.6) is 0 Å². The van der Waals surface area contributed by atoms with Gasteiger partial charge in [-0.15, -0.1) is 0 Å². The lowest BCUT2D eigenvalue weighted by molar-refractivity contribution is -0.134. The molecule has 4 rings (SSSR count). The third-order valence-electron chi connectivity index (χ3n) is 6.03. The summed E-state index contributed by atoms with van der Waals surface area (Å²) in [7, 11) is 0. The summed E-state index contributed by atoms with van der Waals surface area (Å²) in [4.78, 5) is 26.9. The highest BCUT2D eigenvalue weighted by Crippen LogP contribution is 2.51. The summed E-state index contributed by atoms with van der Waals surface area (Å²) in [5.41, 5.74) is 0.964. The molecule has 128 valence electrons. The molecule has 1 aromatic heterocycles. The van der Waals surface area contributed by atoms with Crippen molar-refractivity contribution < 1.29 is 14.3 Å². The number of carbonyl (C=O) groups excluding carboxylic acids is 1. The molecule has 2 saturated heterocycles. The molecule has 0 radical (unpaired) electrons. The minimum absolute atomic E-state index is 0.00588. The number of aliphatic hydroxyl groups is 1. The molecule has 0 unspecified atom stereocenters. The predicted molar refractivity (Wildman–Crippen MR) is 88.6 cm³/mol. The van der Waals surface area contributed by atoms with Crippen molar-refractivity contribution in [3.8, 4) is 0 Å². The predicted octanol–water partition coefficient (Wildman–Crippen LogP) is 1.75. The van der Waals surface area contributed by atoms with Crippen molar-refractivity contribution in [3.05, 3.63) is 34.8 Å². The van der Waals surface area contributed by atoms with Crippen LogP contribution in [0, 0.1) is 5.41 Å². The van der Waals surface area contributed by atoms with E-state index in [4.69, 9.17) is 4.42 Å². The lowest BCUT2D eigenvalue weighted by Gasteiger charge is -2.34. The van der Waals surface area contributed by atoms with Crippen molar-refractivity contribution in [3.63, 3.8) is 0 Å². The first kappa shape index (κ1) is 15.4. The third-order valence-corrected chi connectivity index (χ3v) is 6.03. The molecule has 0 spiro atoms. The zero-order valence-corrected chi connectivity index (χ0v) is 13.8. The molecule has 1 N–H and O–H groups in total. The van der Waals surface area contributed by atoms with E-state index in [1.54, 1.807) is 18.2 Å². The van der Waals surface area contributed by atoms with Gasteiger partial charge in [-0.05, 0) is 37.8 Å². The number of oxazole rings is 1. The number of aromatic nitrogens is 1. The molecule has 2 aliphatic rings. The Bertz CT molecular complexity index is 833. The summed E-state index contributed by atoms with van der Waals surface area (Å²) in [5, 5.41) is 9.87. The Hall–Kier alpha value is -2.08. The summed E-state index contributed by atoms with van der Waals surface area (Å²) >= 11 is 0. The molecule has 0 aliphatic carbocycles. The van der Waals surface area contributed by atoms with Crippen LogP contribution < -0.4 is 5.76 Å². The van der Waals surface area contributed by atoms with E-state index in [0.717, 1.165) is 25.7 Å². The van der Waals surface area contributed by atoms with Gasteiger partial charge < -0.3 is 14.4 Å². The maximum Gasteiger partial charge on any atom is 0.420 e. The standard InChI is InChI=1S/C18H22N2O4/c1-2-18(11-21)9-12-7-8-15(18)20(12)16(22)10-19-13-5-3-4-6-14(13)24-17(19)23/h3-6,12,15,21H,2,7-11H2,1H3/t12-,15+,18-/m0/s1. The number of fused-ring (bicyclic) bond motifs is 3. The molecule has 3 heterocycles. The van der Waals surface area contributed by atoms with Crippen molar-refractivity contribution in [1.82, 2.24) is 9.47 Å². The fraction of sp³-hybridized carbons (Fsp3) is 0.556. The molecule has 2 aliphatic heterocycles. The Morgan fingerprint density at radius 2 is 2.17 bits per heavy atom. The SMILES string of the molecule is CC[C@@]1(CO)C[C@@H]2CC[C@H]1N2C(=O)Cn1c(=O)oc2ccccc21. The summed E-state index contributed by atoms with van der Waals surface area (Å²) in [5.74, 6) is -0.556. The quantitative estimate of drug-likeness (QED) is 0.926. The van der Waals surface area contributed by atoms with Crippen molar-refractivity contribution in [2.24, 2.45) is 5.41 Å². The van der Waals surface area contributed by atoms with Crippen molar-refractivity contribution in [2.45, 2.75) is 51.2 Å². The Morgan fingerprint density at radius 3 is 2.88 bits per heavy atom. The van der Waals surface area contributed by atoms with Crippen LogP contribution in [-0.4, -0.2) is 39.2 Å². The molecular weight excluding hydrogens is 308 g/mol. The number of hydrogen-bond donors (Lipinski definition) is 1. The van der Waals surface area contributed by atoms with Crippen LogP contribution in [-0.2, 0) is 11.3 Å². The smallest absolute Gasteiger partial charge is 0.408 e. The van der Waals surface area contributed by atoms with Gasteiger partial charge in [-0.25, -0.2) is 4.79 Å². The monoisotopic (exact) mass is 330 g/mol. The van der Waals surface area contributed by atoms with Gasteiger partial charge in [0, 0.05) is 17.5 Å². The van der Waals surface area contributed by atoms with Crippen LogP contribution in [0.4, 0.5) is 0 Å². The van der Waals surface area contributed by atoms with Crippen molar-refractivity contribution in [1.29, 1.82) is 0 Å². The zero-order chi connectivity index (χ0) is 16.9. The minimum Gasteiger partial charge on any atom is -0.408 e. The summed E-state index contributed by atoms with van der Waals surface area (Å²) < 4.78 is 6.62. The Balaban J connectivity index is 1.63. The number of carbonyl (C=O) groups is 1. The van der Waals surface area contributed by atoms with E-state index in [-0.39, 0.29) is 36.6 Å². The molecule has 1 aromatic carbocycles. The van der Waals surface area contributed by atoms with Crippen molar-refractivity contribution in [2.75, 3.05) is 6.61 Å². The van der Waals surface area contributed by atoms with Crippen LogP contribution in [0.3, 0.4) is 0 Å². The number of rotatable bonds is 4. The first-order chi connectivity index (χ1) is 11.6. The maximum absolute atomic E-state index is 12.9.